The molecule has 0 atom stereocenters. The normalized spacial score (nSPS) is 10.6. The van der Waals surface area contributed by atoms with Crippen LogP contribution < -0.4 is 15.5 Å². The van der Waals surface area contributed by atoms with Crippen LogP contribution in [0.5, 0.6) is 5.75 Å². The van der Waals surface area contributed by atoms with E-state index in [1.165, 1.54) is 0 Å². The predicted molar refractivity (Wildman–Crippen MR) is 78.5 cm³/mol. The van der Waals surface area contributed by atoms with Crippen molar-refractivity contribution in [2.45, 2.75) is 20.4 Å². The summed E-state index contributed by atoms with van der Waals surface area (Å²) in [6.07, 6.45) is 0. The van der Waals surface area contributed by atoms with Crippen molar-refractivity contribution in [1.82, 2.24) is 15.1 Å². The zero-order valence-corrected chi connectivity index (χ0v) is 12.0. The van der Waals surface area contributed by atoms with Gasteiger partial charge in [0, 0.05) is 18.3 Å². The maximum Gasteiger partial charge on any atom is 0.204 e. The van der Waals surface area contributed by atoms with Gasteiger partial charge in [0.15, 0.2) is 0 Å². The van der Waals surface area contributed by atoms with Gasteiger partial charge in [-0.25, -0.2) is 4.68 Å². The van der Waals surface area contributed by atoms with Crippen LogP contribution in [0, 0.1) is 6.92 Å². The van der Waals surface area contributed by atoms with Crippen LogP contribution in [0.4, 0.5) is 0 Å². The molecule has 0 saturated carbocycles. The molecule has 0 aliphatic carbocycles. The minimum absolute atomic E-state index is 0.0537. The fourth-order valence-electron chi connectivity index (χ4n) is 2.03. The molecule has 0 unspecified atom stereocenters. The van der Waals surface area contributed by atoms with E-state index in [0.717, 1.165) is 17.1 Å². The standard InChI is InChI=1S/C15H19N3O2/c1-4-20-15-8-6-5-7-13(15)18-11(2)9-14(19)12(17-18)10-16-3/h5-9,16H,4,10H2,1-3H3. The topological polar surface area (TPSA) is 56.1 Å². The lowest BCUT2D eigenvalue weighted by molar-refractivity contribution is 0.338. The molecule has 0 aliphatic heterocycles. The van der Waals surface area contributed by atoms with Crippen molar-refractivity contribution in [3.05, 3.63) is 51.9 Å². The third kappa shape index (κ3) is 2.88. The largest absolute Gasteiger partial charge is 0.492 e. The van der Waals surface area contributed by atoms with Crippen LogP contribution >= 0.6 is 0 Å². The Morgan fingerprint density at radius 2 is 2.10 bits per heavy atom. The van der Waals surface area contributed by atoms with Crippen molar-refractivity contribution in [3.8, 4) is 11.4 Å². The number of benzene rings is 1. The number of nitrogens with one attached hydrogen (secondary N) is 1. The second-order valence-electron chi connectivity index (χ2n) is 4.44. The number of hydrogen-bond acceptors (Lipinski definition) is 4. The van der Waals surface area contributed by atoms with Crippen LogP contribution in [-0.4, -0.2) is 23.4 Å². The van der Waals surface area contributed by atoms with Gasteiger partial charge < -0.3 is 10.1 Å². The SMILES string of the molecule is CCOc1ccccc1-n1nc(CNC)c(=O)cc1C. The fourth-order valence-corrected chi connectivity index (χ4v) is 2.03. The average Bonchev–Trinajstić information content (AvgIpc) is 2.43. The van der Waals surface area contributed by atoms with Gasteiger partial charge in [-0.3, -0.25) is 4.79 Å². The Balaban J connectivity index is 2.57. The minimum atomic E-state index is -0.0537. The predicted octanol–water partition coefficient (Wildman–Crippen LogP) is 1.66. The van der Waals surface area contributed by atoms with Crippen molar-refractivity contribution < 1.29 is 4.74 Å². The van der Waals surface area contributed by atoms with Gasteiger partial charge in [-0.2, -0.15) is 5.10 Å². The van der Waals surface area contributed by atoms with E-state index in [2.05, 4.69) is 10.4 Å². The van der Waals surface area contributed by atoms with E-state index in [0.29, 0.717) is 18.8 Å². The van der Waals surface area contributed by atoms with Gasteiger partial charge in [0.25, 0.3) is 0 Å². The first kappa shape index (κ1) is 14.3. The smallest absolute Gasteiger partial charge is 0.204 e. The summed E-state index contributed by atoms with van der Waals surface area (Å²) in [5.74, 6) is 0.754. The Bertz CT molecular complexity index is 650. The Morgan fingerprint density at radius 1 is 1.35 bits per heavy atom. The van der Waals surface area contributed by atoms with Gasteiger partial charge in [0.2, 0.25) is 5.43 Å². The first-order chi connectivity index (χ1) is 9.67. The van der Waals surface area contributed by atoms with Crippen LogP contribution in [0.1, 0.15) is 18.3 Å². The first-order valence-electron chi connectivity index (χ1n) is 6.64. The highest BCUT2D eigenvalue weighted by Gasteiger charge is 2.10. The summed E-state index contributed by atoms with van der Waals surface area (Å²) in [6, 6.07) is 9.27. The molecular weight excluding hydrogens is 254 g/mol. The number of ether oxygens (including phenoxy) is 1. The monoisotopic (exact) mass is 273 g/mol. The Morgan fingerprint density at radius 3 is 2.80 bits per heavy atom. The number of nitrogens with zero attached hydrogens (tertiary/aromatic N) is 2. The number of para-hydroxylation sites is 2. The van der Waals surface area contributed by atoms with E-state index in [1.54, 1.807) is 17.8 Å². The van der Waals surface area contributed by atoms with Gasteiger partial charge in [-0.1, -0.05) is 12.1 Å². The molecule has 1 heterocycles. The lowest BCUT2D eigenvalue weighted by Crippen LogP contribution is -2.23. The minimum Gasteiger partial charge on any atom is -0.492 e. The van der Waals surface area contributed by atoms with Gasteiger partial charge in [0.05, 0.1) is 6.61 Å². The van der Waals surface area contributed by atoms with Crippen LogP contribution in [0.2, 0.25) is 0 Å². The van der Waals surface area contributed by atoms with E-state index >= 15 is 0 Å². The second kappa shape index (κ2) is 6.34. The molecule has 20 heavy (non-hydrogen) atoms. The van der Waals surface area contributed by atoms with E-state index in [4.69, 9.17) is 4.74 Å². The van der Waals surface area contributed by atoms with Crippen LogP contribution in [0.25, 0.3) is 5.69 Å². The van der Waals surface area contributed by atoms with Gasteiger partial charge in [-0.15, -0.1) is 0 Å². The molecule has 2 rings (SSSR count). The molecule has 0 saturated heterocycles. The first-order valence-corrected chi connectivity index (χ1v) is 6.64. The van der Waals surface area contributed by atoms with Gasteiger partial charge in [-0.05, 0) is 33.0 Å². The summed E-state index contributed by atoms with van der Waals surface area (Å²) in [4.78, 5) is 11.9. The van der Waals surface area contributed by atoms with Crippen LogP contribution in [0.15, 0.2) is 35.1 Å². The fraction of sp³-hybridized carbons (Fsp3) is 0.333. The molecule has 1 aromatic carbocycles. The third-order valence-corrected chi connectivity index (χ3v) is 2.92. The zero-order valence-electron chi connectivity index (χ0n) is 12.0. The lowest BCUT2D eigenvalue weighted by Gasteiger charge is -2.15. The quantitative estimate of drug-likeness (QED) is 0.900. The van der Waals surface area contributed by atoms with E-state index in [1.807, 2.05) is 38.1 Å². The molecule has 1 aromatic heterocycles. The molecule has 2 aromatic rings. The Kier molecular flexibility index (Phi) is 4.53. The van der Waals surface area contributed by atoms with Crippen molar-refractivity contribution in [3.63, 3.8) is 0 Å². The highest BCUT2D eigenvalue weighted by molar-refractivity contribution is 5.46. The van der Waals surface area contributed by atoms with Gasteiger partial charge >= 0.3 is 0 Å². The van der Waals surface area contributed by atoms with Crippen molar-refractivity contribution in [1.29, 1.82) is 0 Å². The molecule has 0 spiro atoms. The summed E-state index contributed by atoms with van der Waals surface area (Å²) >= 11 is 0. The average molecular weight is 273 g/mol. The zero-order chi connectivity index (χ0) is 14.5. The van der Waals surface area contributed by atoms with Crippen molar-refractivity contribution >= 4 is 0 Å². The molecule has 0 fully saturated rings. The highest BCUT2D eigenvalue weighted by atomic mass is 16.5. The van der Waals surface area contributed by atoms with E-state index < -0.39 is 0 Å². The molecule has 1 N–H and O–H groups in total. The Hall–Kier alpha value is -2.14. The van der Waals surface area contributed by atoms with Crippen molar-refractivity contribution in [2.75, 3.05) is 13.7 Å². The van der Waals surface area contributed by atoms with Crippen LogP contribution in [0.3, 0.4) is 0 Å². The molecule has 0 radical (unpaired) electrons. The Labute approximate surface area is 118 Å². The summed E-state index contributed by atoms with van der Waals surface area (Å²) in [7, 11) is 1.79. The second-order valence-corrected chi connectivity index (χ2v) is 4.44. The molecule has 0 aliphatic rings. The number of aromatic nitrogens is 2. The summed E-state index contributed by atoms with van der Waals surface area (Å²) < 4.78 is 7.37. The molecule has 0 amide bonds. The van der Waals surface area contributed by atoms with E-state index in [9.17, 15) is 4.79 Å². The molecule has 5 heteroatoms. The van der Waals surface area contributed by atoms with E-state index in [-0.39, 0.29) is 5.43 Å². The van der Waals surface area contributed by atoms with Gasteiger partial charge in [0.1, 0.15) is 17.1 Å². The molecule has 106 valence electrons. The van der Waals surface area contributed by atoms with Crippen molar-refractivity contribution in [2.24, 2.45) is 0 Å². The highest BCUT2D eigenvalue weighted by Crippen LogP contribution is 2.22. The van der Waals surface area contributed by atoms with Crippen LogP contribution in [-0.2, 0) is 6.54 Å². The number of rotatable bonds is 5. The third-order valence-electron chi connectivity index (χ3n) is 2.92. The lowest BCUT2D eigenvalue weighted by atomic mass is 10.2. The maximum absolute atomic E-state index is 11.9. The maximum atomic E-state index is 11.9. The summed E-state index contributed by atoms with van der Waals surface area (Å²) in [5, 5.41) is 7.39. The number of hydrogen-bond donors (Lipinski definition) is 1. The summed E-state index contributed by atoms with van der Waals surface area (Å²) in [5.41, 5.74) is 2.05. The number of aryl methyl sites for hydroxylation is 1. The molecule has 0 bridgehead atoms. The molecular formula is C15H19N3O2. The summed E-state index contributed by atoms with van der Waals surface area (Å²) in [6.45, 7) is 4.82. The molecule has 5 nitrogen and oxygen atoms in total.